The van der Waals surface area contributed by atoms with Gasteiger partial charge in [0, 0.05) is 4.83 Å². The molecule has 1 saturated carbocycles. The third kappa shape index (κ3) is 2.71. The van der Waals surface area contributed by atoms with Crippen LogP contribution < -0.4 is 0 Å². The summed E-state index contributed by atoms with van der Waals surface area (Å²) in [6.07, 6.45) is 3.33. The SMILES string of the molecule is C=C/C(=C(/C)c1ccccc1)C1CC1C(C)Br. The molecule has 0 aliphatic heterocycles. The normalized spacial score (nSPS) is 26.1. The number of hydrogen-bond donors (Lipinski definition) is 0. The molecule has 0 N–H and O–H groups in total. The van der Waals surface area contributed by atoms with E-state index in [1.165, 1.54) is 23.1 Å². The lowest BCUT2D eigenvalue weighted by Gasteiger charge is -2.09. The quantitative estimate of drug-likeness (QED) is 0.537. The van der Waals surface area contributed by atoms with Gasteiger partial charge in [0.05, 0.1) is 0 Å². The van der Waals surface area contributed by atoms with E-state index in [1.807, 2.05) is 6.08 Å². The Morgan fingerprint density at radius 3 is 2.53 bits per heavy atom. The molecule has 1 aliphatic rings. The number of allylic oxidation sites excluding steroid dienone is 3. The van der Waals surface area contributed by atoms with Crippen molar-refractivity contribution >= 4 is 21.5 Å². The van der Waals surface area contributed by atoms with Crippen molar-refractivity contribution in [2.75, 3.05) is 0 Å². The van der Waals surface area contributed by atoms with Crippen LogP contribution in [0.5, 0.6) is 0 Å². The lowest BCUT2D eigenvalue weighted by molar-refractivity contribution is 0.773. The molecule has 1 heteroatoms. The van der Waals surface area contributed by atoms with Gasteiger partial charge in [0.25, 0.3) is 0 Å². The maximum absolute atomic E-state index is 3.99. The van der Waals surface area contributed by atoms with Crippen LogP contribution in [0.2, 0.25) is 0 Å². The molecule has 1 fully saturated rings. The predicted octanol–water partition coefficient (Wildman–Crippen LogP) is 5.07. The highest BCUT2D eigenvalue weighted by Crippen LogP contribution is 2.50. The molecule has 0 bridgehead atoms. The number of benzene rings is 1. The third-order valence-electron chi connectivity index (χ3n) is 3.69. The van der Waals surface area contributed by atoms with Gasteiger partial charge in [0.2, 0.25) is 0 Å². The van der Waals surface area contributed by atoms with Gasteiger partial charge < -0.3 is 0 Å². The van der Waals surface area contributed by atoms with E-state index in [0.29, 0.717) is 10.7 Å². The van der Waals surface area contributed by atoms with Crippen LogP contribution >= 0.6 is 15.9 Å². The van der Waals surface area contributed by atoms with Gasteiger partial charge in [-0.3, -0.25) is 0 Å². The van der Waals surface area contributed by atoms with E-state index in [2.05, 4.69) is 66.7 Å². The molecular formula is C16H19Br. The van der Waals surface area contributed by atoms with Crippen LogP contribution in [-0.4, -0.2) is 4.83 Å². The Bertz CT molecular complexity index is 428. The summed E-state index contributed by atoms with van der Waals surface area (Å²) in [5, 5.41) is 0. The van der Waals surface area contributed by atoms with Crippen molar-refractivity contribution in [3.8, 4) is 0 Å². The lowest BCUT2D eigenvalue weighted by atomic mass is 9.97. The average molecular weight is 291 g/mol. The highest BCUT2D eigenvalue weighted by atomic mass is 79.9. The molecule has 0 amide bonds. The van der Waals surface area contributed by atoms with Gasteiger partial charge in [-0.05, 0) is 41.9 Å². The molecule has 1 aromatic rings. The van der Waals surface area contributed by atoms with Crippen LogP contribution in [-0.2, 0) is 0 Å². The molecule has 0 radical (unpaired) electrons. The molecule has 90 valence electrons. The van der Waals surface area contributed by atoms with Crippen molar-refractivity contribution in [3.63, 3.8) is 0 Å². The fraction of sp³-hybridized carbons (Fsp3) is 0.375. The van der Waals surface area contributed by atoms with Gasteiger partial charge in [-0.15, -0.1) is 0 Å². The summed E-state index contributed by atoms with van der Waals surface area (Å²) >= 11 is 3.69. The minimum absolute atomic E-state index is 0.603. The molecule has 17 heavy (non-hydrogen) atoms. The zero-order valence-corrected chi connectivity index (χ0v) is 12.1. The Hall–Kier alpha value is -0.820. The van der Waals surface area contributed by atoms with Gasteiger partial charge in [-0.1, -0.05) is 65.8 Å². The third-order valence-corrected chi connectivity index (χ3v) is 4.37. The van der Waals surface area contributed by atoms with Crippen LogP contribution in [0.3, 0.4) is 0 Å². The molecular weight excluding hydrogens is 272 g/mol. The van der Waals surface area contributed by atoms with Gasteiger partial charge in [0.1, 0.15) is 0 Å². The van der Waals surface area contributed by atoms with Gasteiger partial charge in [-0.2, -0.15) is 0 Å². The van der Waals surface area contributed by atoms with E-state index in [9.17, 15) is 0 Å². The molecule has 1 aromatic carbocycles. The second-order valence-corrected chi connectivity index (χ2v) is 6.28. The molecule has 3 unspecified atom stereocenters. The zero-order valence-electron chi connectivity index (χ0n) is 10.5. The number of alkyl halides is 1. The lowest BCUT2D eigenvalue weighted by Crippen LogP contribution is -1.98. The highest BCUT2D eigenvalue weighted by Gasteiger charge is 2.42. The summed E-state index contributed by atoms with van der Waals surface area (Å²) < 4.78 is 0. The molecule has 0 heterocycles. The van der Waals surface area contributed by atoms with Crippen molar-refractivity contribution in [1.82, 2.24) is 0 Å². The van der Waals surface area contributed by atoms with Gasteiger partial charge >= 0.3 is 0 Å². The maximum atomic E-state index is 3.99. The van der Waals surface area contributed by atoms with Crippen LogP contribution in [0.25, 0.3) is 5.57 Å². The standard InChI is InChI=1S/C16H19Br/c1-4-14(16-10-15(16)12(3)17)11(2)13-8-6-5-7-9-13/h4-9,12,15-16H,1,10H2,2-3H3/b14-11+. The van der Waals surface area contributed by atoms with E-state index in [1.54, 1.807) is 0 Å². The molecule has 0 saturated heterocycles. The van der Waals surface area contributed by atoms with Crippen LogP contribution in [0.4, 0.5) is 0 Å². The first kappa shape index (κ1) is 12.6. The monoisotopic (exact) mass is 290 g/mol. The van der Waals surface area contributed by atoms with Crippen molar-refractivity contribution in [1.29, 1.82) is 0 Å². The summed E-state index contributed by atoms with van der Waals surface area (Å²) in [5.41, 5.74) is 4.11. The Balaban J connectivity index is 2.26. The molecule has 2 rings (SSSR count). The molecule has 0 spiro atoms. The number of halogens is 1. The molecule has 3 atom stereocenters. The minimum atomic E-state index is 0.603. The number of hydrogen-bond acceptors (Lipinski definition) is 0. The van der Waals surface area contributed by atoms with Crippen LogP contribution in [0, 0.1) is 11.8 Å². The summed E-state index contributed by atoms with van der Waals surface area (Å²) in [6, 6.07) is 10.6. The number of rotatable bonds is 4. The van der Waals surface area contributed by atoms with Crippen molar-refractivity contribution in [3.05, 3.63) is 54.1 Å². The summed E-state index contributed by atoms with van der Waals surface area (Å²) in [4.78, 5) is 0.603. The first-order valence-corrected chi connectivity index (χ1v) is 7.09. The van der Waals surface area contributed by atoms with Gasteiger partial charge in [0.15, 0.2) is 0 Å². The molecule has 1 aliphatic carbocycles. The van der Waals surface area contributed by atoms with E-state index >= 15 is 0 Å². The van der Waals surface area contributed by atoms with Crippen molar-refractivity contribution in [2.45, 2.75) is 25.1 Å². The topological polar surface area (TPSA) is 0 Å². The fourth-order valence-corrected chi connectivity index (χ4v) is 3.10. The van der Waals surface area contributed by atoms with E-state index in [4.69, 9.17) is 0 Å². The molecule has 0 aromatic heterocycles. The van der Waals surface area contributed by atoms with E-state index < -0.39 is 0 Å². The summed E-state index contributed by atoms with van der Waals surface area (Å²) in [5.74, 6) is 1.48. The Kier molecular flexibility index (Phi) is 3.88. The first-order chi connectivity index (χ1) is 8.15. The largest absolute Gasteiger partial charge is 0.0988 e. The van der Waals surface area contributed by atoms with Crippen molar-refractivity contribution < 1.29 is 0 Å². The Morgan fingerprint density at radius 2 is 2.06 bits per heavy atom. The Labute approximate surface area is 113 Å². The second kappa shape index (κ2) is 5.22. The fourth-order valence-electron chi connectivity index (χ4n) is 2.52. The second-order valence-electron chi connectivity index (χ2n) is 4.83. The Morgan fingerprint density at radius 1 is 1.41 bits per heavy atom. The van der Waals surface area contributed by atoms with Gasteiger partial charge in [-0.25, -0.2) is 0 Å². The highest BCUT2D eigenvalue weighted by molar-refractivity contribution is 9.09. The van der Waals surface area contributed by atoms with E-state index in [-0.39, 0.29) is 0 Å². The summed E-state index contributed by atoms with van der Waals surface area (Å²) in [7, 11) is 0. The average Bonchev–Trinajstić information content (AvgIpc) is 3.11. The van der Waals surface area contributed by atoms with Crippen molar-refractivity contribution in [2.24, 2.45) is 11.8 Å². The van der Waals surface area contributed by atoms with Crippen LogP contribution in [0.1, 0.15) is 25.8 Å². The molecule has 0 nitrogen and oxygen atoms in total. The van der Waals surface area contributed by atoms with Crippen LogP contribution in [0.15, 0.2) is 48.6 Å². The summed E-state index contributed by atoms with van der Waals surface area (Å²) in [6.45, 7) is 8.44. The van der Waals surface area contributed by atoms with E-state index in [0.717, 1.165) is 5.92 Å². The minimum Gasteiger partial charge on any atom is -0.0988 e. The maximum Gasteiger partial charge on any atom is 0.0151 e. The zero-order chi connectivity index (χ0) is 12.4. The smallest absolute Gasteiger partial charge is 0.0151 e. The first-order valence-electron chi connectivity index (χ1n) is 6.18. The predicted molar refractivity (Wildman–Crippen MR) is 79.2 cm³/mol.